The molecule has 0 bridgehead atoms. The van der Waals surface area contributed by atoms with Gasteiger partial charge in [0, 0.05) is 18.5 Å². The van der Waals surface area contributed by atoms with Crippen molar-refractivity contribution >= 4 is 23.5 Å². The molecule has 0 aromatic carbocycles. The van der Waals surface area contributed by atoms with E-state index in [0.717, 1.165) is 0 Å². The molecule has 0 aliphatic carbocycles. The molecule has 24 heavy (non-hydrogen) atoms. The number of furan rings is 1. The van der Waals surface area contributed by atoms with E-state index >= 15 is 0 Å². The van der Waals surface area contributed by atoms with Crippen molar-refractivity contribution in [3.05, 3.63) is 16.9 Å². The number of likely N-dealkylation sites (tertiary alicyclic amines) is 1. The SMILES string of the molecule is CC(=O)c1c(C)oc(NC(=O)C2CC(=O)N(C(C)(C)C)C2)c1C#N. The van der Waals surface area contributed by atoms with Crippen molar-refractivity contribution < 1.29 is 18.8 Å². The van der Waals surface area contributed by atoms with Crippen molar-refractivity contribution in [1.82, 2.24) is 4.90 Å². The van der Waals surface area contributed by atoms with E-state index in [1.807, 2.05) is 26.8 Å². The molecule has 2 rings (SSSR count). The van der Waals surface area contributed by atoms with E-state index in [2.05, 4.69) is 5.32 Å². The Bertz CT molecular complexity index is 749. The van der Waals surface area contributed by atoms with Crippen LogP contribution >= 0.6 is 0 Å². The fraction of sp³-hybridized carbons (Fsp3) is 0.529. The number of amides is 2. The monoisotopic (exact) mass is 331 g/mol. The standard InChI is InChI=1S/C17H21N3O4/c1-9(21)14-10(2)24-16(12(14)7-18)19-15(23)11-6-13(22)20(8-11)17(3,4)5/h11H,6,8H2,1-5H3,(H,19,23). The minimum absolute atomic E-state index is 0.0188. The molecule has 128 valence electrons. The molecule has 1 atom stereocenters. The Balaban J connectivity index is 2.20. The molecule has 2 amide bonds. The zero-order valence-corrected chi connectivity index (χ0v) is 14.5. The lowest BCUT2D eigenvalue weighted by Crippen LogP contribution is -2.42. The van der Waals surface area contributed by atoms with Crippen LogP contribution in [-0.4, -0.2) is 34.6 Å². The molecule has 1 unspecified atom stereocenters. The van der Waals surface area contributed by atoms with Crippen molar-refractivity contribution in [3.63, 3.8) is 0 Å². The third-order valence-electron chi connectivity index (χ3n) is 4.09. The third kappa shape index (κ3) is 3.18. The van der Waals surface area contributed by atoms with Crippen LogP contribution in [-0.2, 0) is 9.59 Å². The fourth-order valence-corrected chi connectivity index (χ4v) is 2.91. The number of carbonyl (C=O) groups excluding carboxylic acids is 3. The van der Waals surface area contributed by atoms with Crippen molar-refractivity contribution in [1.29, 1.82) is 5.26 Å². The Kier molecular flexibility index (Phi) is 4.52. The zero-order chi connectivity index (χ0) is 18.2. The van der Waals surface area contributed by atoms with Gasteiger partial charge in [0.15, 0.2) is 5.78 Å². The molecule has 1 aromatic rings. The average Bonchev–Trinajstić information content (AvgIpc) is 2.98. The number of anilines is 1. The highest BCUT2D eigenvalue weighted by Crippen LogP contribution is 2.30. The van der Waals surface area contributed by atoms with Crippen LogP contribution in [0, 0.1) is 24.2 Å². The first-order valence-electron chi connectivity index (χ1n) is 7.72. The Hall–Kier alpha value is -2.62. The van der Waals surface area contributed by atoms with E-state index in [1.54, 1.807) is 11.8 Å². The number of nitrogens with one attached hydrogen (secondary N) is 1. The van der Waals surface area contributed by atoms with Gasteiger partial charge in [0.2, 0.25) is 17.7 Å². The number of rotatable bonds is 3. The maximum atomic E-state index is 12.4. The van der Waals surface area contributed by atoms with Crippen LogP contribution in [0.15, 0.2) is 4.42 Å². The molecule has 0 spiro atoms. The highest BCUT2D eigenvalue weighted by Gasteiger charge is 2.40. The molecule has 0 saturated carbocycles. The summed E-state index contributed by atoms with van der Waals surface area (Å²) in [6, 6.07) is 1.90. The zero-order valence-electron chi connectivity index (χ0n) is 14.5. The molecule has 1 fully saturated rings. The van der Waals surface area contributed by atoms with Crippen molar-refractivity contribution in [3.8, 4) is 6.07 Å². The van der Waals surface area contributed by atoms with Gasteiger partial charge < -0.3 is 9.32 Å². The Morgan fingerprint density at radius 2 is 2.00 bits per heavy atom. The Labute approximate surface area is 140 Å². The predicted octanol–water partition coefficient (Wildman–Crippen LogP) is 2.25. The van der Waals surface area contributed by atoms with Gasteiger partial charge in [-0.3, -0.25) is 19.7 Å². The summed E-state index contributed by atoms with van der Waals surface area (Å²) in [7, 11) is 0. The molecule has 1 aliphatic rings. The minimum atomic E-state index is -0.519. The second-order valence-electron chi connectivity index (χ2n) is 6.97. The van der Waals surface area contributed by atoms with Gasteiger partial charge in [-0.15, -0.1) is 0 Å². The maximum Gasteiger partial charge on any atom is 0.232 e. The van der Waals surface area contributed by atoms with Crippen LogP contribution in [0.4, 0.5) is 5.88 Å². The molecule has 1 N–H and O–H groups in total. The van der Waals surface area contributed by atoms with Crippen molar-refractivity contribution in [2.75, 3.05) is 11.9 Å². The van der Waals surface area contributed by atoms with Gasteiger partial charge >= 0.3 is 0 Å². The van der Waals surface area contributed by atoms with Crippen LogP contribution in [0.2, 0.25) is 0 Å². The Morgan fingerprint density at radius 1 is 1.38 bits per heavy atom. The summed E-state index contributed by atoms with van der Waals surface area (Å²) < 4.78 is 5.38. The Morgan fingerprint density at radius 3 is 2.46 bits per heavy atom. The lowest BCUT2D eigenvalue weighted by molar-refractivity contribution is -0.131. The van der Waals surface area contributed by atoms with Gasteiger partial charge in [0.25, 0.3) is 0 Å². The summed E-state index contributed by atoms with van der Waals surface area (Å²) >= 11 is 0. The van der Waals surface area contributed by atoms with E-state index in [-0.39, 0.29) is 46.4 Å². The van der Waals surface area contributed by atoms with Gasteiger partial charge in [0.1, 0.15) is 17.4 Å². The number of hydrogen-bond donors (Lipinski definition) is 1. The normalized spacial score (nSPS) is 17.8. The van der Waals surface area contributed by atoms with Crippen molar-refractivity contribution in [2.24, 2.45) is 5.92 Å². The summed E-state index contributed by atoms with van der Waals surface area (Å²) in [5, 5.41) is 11.8. The fourth-order valence-electron chi connectivity index (χ4n) is 2.91. The summed E-state index contributed by atoms with van der Waals surface area (Å²) in [6.07, 6.45) is 0.115. The number of nitrogens with zero attached hydrogens (tertiary/aromatic N) is 2. The van der Waals surface area contributed by atoms with Gasteiger partial charge in [-0.05, 0) is 34.6 Å². The highest BCUT2D eigenvalue weighted by atomic mass is 16.4. The van der Waals surface area contributed by atoms with Crippen LogP contribution < -0.4 is 5.32 Å². The molecule has 1 aromatic heterocycles. The second kappa shape index (κ2) is 6.11. The van der Waals surface area contributed by atoms with E-state index in [1.165, 1.54) is 6.92 Å². The quantitative estimate of drug-likeness (QED) is 0.856. The average molecular weight is 331 g/mol. The molecular formula is C17H21N3O4. The van der Waals surface area contributed by atoms with Gasteiger partial charge in [-0.2, -0.15) is 5.26 Å². The first kappa shape index (κ1) is 17.7. The number of carbonyl (C=O) groups is 3. The third-order valence-corrected chi connectivity index (χ3v) is 4.09. The van der Waals surface area contributed by atoms with Gasteiger partial charge in [-0.25, -0.2) is 0 Å². The second-order valence-corrected chi connectivity index (χ2v) is 6.97. The summed E-state index contributed by atoms with van der Waals surface area (Å²) in [4.78, 5) is 37.8. The molecule has 7 nitrogen and oxygen atoms in total. The molecule has 1 aliphatic heterocycles. The number of ketones is 1. The van der Waals surface area contributed by atoms with Crippen LogP contribution in [0.25, 0.3) is 0 Å². The molecule has 1 saturated heterocycles. The molecule has 7 heteroatoms. The number of Topliss-reactive ketones (excluding diaryl/α,β-unsaturated/α-hetero) is 1. The highest BCUT2D eigenvalue weighted by molar-refractivity contribution is 6.02. The molecular weight excluding hydrogens is 310 g/mol. The van der Waals surface area contributed by atoms with Gasteiger partial charge in [-0.1, -0.05) is 0 Å². The van der Waals surface area contributed by atoms with E-state index < -0.39 is 11.8 Å². The van der Waals surface area contributed by atoms with E-state index in [9.17, 15) is 19.6 Å². The maximum absolute atomic E-state index is 12.4. The number of aryl methyl sites for hydroxylation is 1. The van der Waals surface area contributed by atoms with E-state index in [4.69, 9.17) is 4.42 Å². The first-order chi connectivity index (χ1) is 11.1. The van der Waals surface area contributed by atoms with Crippen LogP contribution in [0.3, 0.4) is 0 Å². The number of hydrogen-bond acceptors (Lipinski definition) is 5. The summed E-state index contributed by atoms with van der Waals surface area (Å²) in [5.41, 5.74) is -0.163. The van der Waals surface area contributed by atoms with E-state index in [0.29, 0.717) is 6.54 Å². The van der Waals surface area contributed by atoms with Crippen molar-refractivity contribution in [2.45, 2.75) is 46.6 Å². The van der Waals surface area contributed by atoms with Crippen LogP contribution in [0.1, 0.15) is 55.8 Å². The minimum Gasteiger partial charge on any atom is -0.443 e. The number of nitriles is 1. The summed E-state index contributed by atoms with van der Waals surface area (Å²) in [6.45, 7) is 8.94. The predicted molar refractivity (Wildman–Crippen MR) is 86.4 cm³/mol. The first-order valence-corrected chi connectivity index (χ1v) is 7.72. The lowest BCUT2D eigenvalue weighted by atomic mass is 10.1. The largest absolute Gasteiger partial charge is 0.443 e. The smallest absolute Gasteiger partial charge is 0.232 e. The summed E-state index contributed by atoms with van der Waals surface area (Å²) in [5.74, 6) is -1.05. The topological polar surface area (TPSA) is 103 Å². The van der Waals surface area contributed by atoms with Crippen LogP contribution in [0.5, 0.6) is 0 Å². The van der Waals surface area contributed by atoms with Gasteiger partial charge in [0.05, 0.1) is 11.5 Å². The lowest BCUT2D eigenvalue weighted by Gasteiger charge is -2.31. The molecule has 0 radical (unpaired) electrons. The molecule has 2 heterocycles.